The summed E-state index contributed by atoms with van der Waals surface area (Å²) in [4.78, 5) is 8.83. The highest BCUT2D eigenvalue weighted by molar-refractivity contribution is 6.30. The molecule has 0 fully saturated rings. The van der Waals surface area contributed by atoms with E-state index in [2.05, 4.69) is 16.0 Å². The van der Waals surface area contributed by atoms with E-state index in [1.807, 2.05) is 48.5 Å². The average Bonchev–Trinajstić information content (AvgIpc) is 3.16. The number of amidine groups is 1. The van der Waals surface area contributed by atoms with E-state index in [1.165, 1.54) is 0 Å². The topological polar surface area (TPSA) is 90.0 Å². The molecule has 148 valence electrons. The summed E-state index contributed by atoms with van der Waals surface area (Å²) in [6.07, 6.45) is 3.38. The summed E-state index contributed by atoms with van der Waals surface area (Å²) in [5.74, 6) is 0.674. The minimum Gasteiger partial charge on any atom is -0.491 e. The van der Waals surface area contributed by atoms with Crippen LogP contribution in [-0.4, -0.2) is 35.9 Å². The highest BCUT2D eigenvalue weighted by Gasteiger charge is 2.40. The summed E-state index contributed by atoms with van der Waals surface area (Å²) < 4.78 is 11.0. The van der Waals surface area contributed by atoms with E-state index < -0.39 is 5.54 Å². The first-order chi connectivity index (χ1) is 14.1. The summed E-state index contributed by atoms with van der Waals surface area (Å²) in [5, 5.41) is 9.50. The van der Waals surface area contributed by atoms with Crippen molar-refractivity contribution in [2.45, 2.75) is 5.54 Å². The number of aromatic nitrogens is 1. The Morgan fingerprint density at radius 2 is 1.90 bits per heavy atom. The molecule has 2 aromatic carbocycles. The van der Waals surface area contributed by atoms with Gasteiger partial charge in [0.05, 0.1) is 11.6 Å². The maximum absolute atomic E-state index is 8.92. The smallest absolute Gasteiger partial charge is 0.283 e. The first kappa shape index (κ1) is 19.2. The summed E-state index contributed by atoms with van der Waals surface area (Å²) in [6, 6.07) is 17.6. The Morgan fingerprint density at radius 1 is 1.07 bits per heavy atom. The van der Waals surface area contributed by atoms with Crippen LogP contribution in [-0.2, 0) is 10.3 Å². The zero-order chi connectivity index (χ0) is 20.3. The van der Waals surface area contributed by atoms with Gasteiger partial charge in [0.2, 0.25) is 0 Å². The molecule has 1 aromatic heterocycles. The molecular weight excluding hydrogens is 390 g/mol. The summed E-state index contributed by atoms with van der Waals surface area (Å²) >= 11 is 6.11. The number of hydrogen-bond donors (Lipinski definition) is 2. The molecule has 3 N–H and O–H groups in total. The van der Waals surface area contributed by atoms with Crippen molar-refractivity contribution >= 4 is 17.6 Å². The van der Waals surface area contributed by atoms with Gasteiger partial charge in [0.25, 0.3) is 6.02 Å². The number of ether oxygens (including phenoxy) is 2. The largest absolute Gasteiger partial charge is 0.491 e. The normalized spacial score (nSPS) is 18.2. The third-order valence-corrected chi connectivity index (χ3v) is 5.01. The Morgan fingerprint density at radius 3 is 2.59 bits per heavy atom. The number of nitrogens with two attached hydrogens (primary N) is 1. The second-order valence-corrected chi connectivity index (χ2v) is 7.10. The first-order valence-corrected chi connectivity index (χ1v) is 9.52. The molecule has 1 aliphatic rings. The summed E-state index contributed by atoms with van der Waals surface area (Å²) in [7, 11) is 0. The van der Waals surface area contributed by atoms with Gasteiger partial charge in [-0.15, -0.1) is 0 Å². The average molecular weight is 410 g/mol. The lowest BCUT2D eigenvalue weighted by molar-refractivity contribution is 0.201. The second kappa shape index (κ2) is 8.11. The van der Waals surface area contributed by atoms with Gasteiger partial charge in [0, 0.05) is 18.0 Å². The molecule has 1 atom stereocenters. The van der Waals surface area contributed by atoms with Crippen LogP contribution in [0.5, 0.6) is 5.75 Å². The third-order valence-electron chi connectivity index (χ3n) is 4.80. The molecule has 29 heavy (non-hydrogen) atoms. The van der Waals surface area contributed by atoms with Crippen molar-refractivity contribution in [2.24, 2.45) is 10.7 Å². The fourth-order valence-electron chi connectivity index (χ4n) is 3.41. The number of nitrogens with zero attached hydrogens (tertiary/aromatic N) is 2. The number of aliphatic hydroxyl groups excluding tert-OH is 1. The standard InChI is InChI=1S/C22H20ClN3O3/c23-19-11-16(12-25-13-19)15-2-1-3-18(10-15)22(14-29-21(24)26-22)17-4-6-20(7-5-17)28-9-8-27/h1-7,10-13,27H,8-9,14H2,(H2,24,26). The third kappa shape index (κ3) is 3.90. The molecule has 0 bridgehead atoms. The van der Waals surface area contributed by atoms with E-state index in [-0.39, 0.29) is 19.2 Å². The molecule has 2 heterocycles. The molecule has 0 spiro atoms. The van der Waals surface area contributed by atoms with E-state index in [1.54, 1.807) is 12.4 Å². The Kier molecular flexibility index (Phi) is 5.38. The monoisotopic (exact) mass is 409 g/mol. The molecule has 1 aliphatic heterocycles. The van der Waals surface area contributed by atoms with Crippen LogP contribution in [0.2, 0.25) is 5.02 Å². The van der Waals surface area contributed by atoms with Crippen LogP contribution in [0.15, 0.2) is 72.0 Å². The second-order valence-electron chi connectivity index (χ2n) is 6.67. The lowest BCUT2D eigenvalue weighted by Crippen LogP contribution is -2.27. The van der Waals surface area contributed by atoms with Gasteiger partial charge < -0.3 is 20.3 Å². The van der Waals surface area contributed by atoms with Gasteiger partial charge in [-0.3, -0.25) is 4.98 Å². The highest BCUT2D eigenvalue weighted by atomic mass is 35.5. The fourth-order valence-corrected chi connectivity index (χ4v) is 3.58. The van der Waals surface area contributed by atoms with Crippen LogP contribution in [0.4, 0.5) is 0 Å². The number of halogens is 1. The van der Waals surface area contributed by atoms with Gasteiger partial charge in [0.1, 0.15) is 19.0 Å². The Bertz CT molecular complexity index is 1040. The van der Waals surface area contributed by atoms with Crippen LogP contribution in [0.25, 0.3) is 11.1 Å². The van der Waals surface area contributed by atoms with Gasteiger partial charge in [-0.1, -0.05) is 41.9 Å². The van der Waals surface area contributed by atoms with Gasteiger partial charge in [-0.25, -0.2) is 4.99 Å². The minimum absolute atomic E-state index is 0.0362. The lowest BCUT2D eigenvalue weighted by Gasteiger charge is -2.26. The van der Waals surface area contributed by atoms with E-state index in [0.717, 1.165) is 22.3 Å². The molecule has 6 nitrogen and oxygen atoms in total. The molecule has 1 unspecified atom stereocenters. The molecule has 0 saturated carbocycles. The maximum Gasteiger partial charge on any atom is 0.283 e. The van der Waals surface area contributed by atoms with Crippen LogP contribution >= 0.6 is 11.6 Å². The molecule has 3 aromatic rings. The summed E-state index contributed by atoms with van der Waals surface area (Å²) in [6.45, 7) is 0.507. The van der Waals surface area contributed by atoms with Gasteiger partial charge in [-0.2, -0.15) is 0 Å². The van der Waals surface area contributed by atoms with Crippen LogP contribution in [0.3, 0.4) is 0 Å². The number of hydrogen-bond acceptors (Lipinski definition) is 6. The number of aliphatic imine (C=N–C) groups is 1. The predicted molar refractivity (Wildman–Crippen MR) is 112 cm³/mol. The number of rotatable bonds is 6. The van der Waals surface area contributed by atoms with Crippen LogP contribution in [0, 0.1) is 0 Å². The Hall–Kier alpha value is -3.09. The molecule has 0 saturated heterocycles. The van der Waals surface area contributed by atoms with Crippen molar-refractivity contribution in [3.63, 3.8) is 0 Å². The summed E-state index contributed by atoms with van der Waals surface area (Å²) in [5.41, 5.74) is 8.89. The quantitative estimate of drug-likeness (QED) is 0.651. The molecule has 0 radical (unpaired) electrons. The van der Waals surface area contributed by atoms with Gasteiger partial charge in [-0.05, 0) is 41.0 Å². The van der Waals surface area contributed by atoms with Gasteiger partial charge in [0.15, 0.2) is 5.54 Å². The Balaban J connectivity index is 1.76. The van der Waals surface area contributed by atoms with Crippen molar-refractivity contribution in [3.8, 4) is 16.9 Å². The van der Waals surface area contributed by atoms with Crippen molar-refractivity contribution < 1.29 is 14.6 Å². The van der Waals surface area contributed by atoms with E-state index >= 15 is 0 Å². The molecule has 4 rings (SSSR count). The number of pyridine rings is 1. The lowest BCUT2D eigenvalue weighted by atomic mass is 9.83. The zero-order valence-corrected chi connectivity index (χ0v) is 16.3. The highest BCUT2D eigenvalue weighted by Crippen LogP contribution is 2.39. The maximum atomic E-state index is 8.92. The Labute approximate surface area is 173 Å². The van der Waals surface area contributed by atoms with Crippen molar-refractivity contribution in [2.75, 3.05) is 19.8 Å². The van der Waals surface area contributed by atoms with Crippen molar-refractivity contribution in [1.29, 1.82) is 0 Å². The molecule has 7 heteroatoms. The SMILES string of the molecule is NC1=NC(c2ccc(OCCO)cc2)(c2cccc(-c3cncc(Cl)c3)c2)CO1. The number of benzene rings is 2. The number of aliphatic hydroxyl groups is 1. The van der Waals surface area contributed by atoms with Crippen LogP contribution < -0.4 is 10.5 Å². The van der Waals surface area contributed by atoms with Crippen LogP contribution in [0.1, 0.15) is 11.1 Å². The fraction of sp³-hybridized carbons (Fsp3) is 0.182. The van der Waals surface area contributed by atoms with E-state index in [4.69, 9.17) is 31.9 Å². The van der Waals surface area contributed by atoms with Gasteiger partial charge >= 0.3 is 0 Å². The first-order valence-electron chi connectivity index (χ1n) is 9.14. The van der Waals surface area contributed by atoms with E-state index in [0.29, 0.717) is 17.4 Å². The molecule has 0 aliphatic carbocycles. The zero-order valence-electron chi connectivity index (χ0n) is 15.6. The van der Waals surface area contributed by atoms with Crippen molar-refractivity contribution in [3.05, 3.63) is 83.1 Å². The van der Waals surface area contributed by atoms with E-state index in [9.17, 15) is 0 Å². The molecular formula is C22H20ClN3O3. The molecule has 0 amide bonds. The van der Waals surface area contributed by atoms with Crippen molar-refractivity contribution in [1.82, 2.24) is 4.98 Å². The predicted octanol–water partition coefficient (Wildman–Crippen LogP) is 3.36. The minimum atomic E-state index is -0.762.